The van der Waals surface area contributed by atoms with E-state index in [4.69, 9.17) is 22.1 Å². The average Bonchev–Trinajstić information content (AvgIpc) is 2.51. The number of benzene rings is 1. The van der Waals surface area contributed by atoms with Crippen molar-refractivity contribution in [2.24, 2.45) is 0 Å². The molecule has 0 saturated carbocycles. The van der Waals surface area contributed by atoms with E-state index in [-0.39, 0.29) is 11.1 Å². The number of nitrogens with zero attached hydrogens (tertiary/aromatic N) is 2. The smallest absolute Gasteiger partial charge is 0.221 e. The van der Waals surface area contributed by atoms with Gasteiger partial charge in [0.05, 0.1) is 5.69 Å². The number of anilines is 1. The summed E-state index contributed by atoms with van der Waals surface area (Å²) in [6.07, 6.45) is 2.88. The van der Waals surface area contributed by atoms with Crippen molar-refractivity contribution in [2.45, 2.75) is 46.0 Å². The van der Waals surface area contributed by atoms with Crippen LogP contribution in [0.15, 0.2) is 24.3 Å². The normalized spacial score (nSPS) is 11.0. The molecule has 2 rings (SSSR count). The molecule has 4 nitrogen and oxygen atoms in total. The lowest BCUT2D eigenvalue weighted by molar-refractivity contribution is 0.469. The fraction of sp³-hybridized carbons (Fsp3) is 0.412. The highest BCUT2D eigenvalue weighted by Crippen LogP contribution is 2.33. The SMILES string of the molecule is CCc1nc(N)nc(Cl)c1Oc1cccc(C(CC)CC)c1. The summed E-state index contributed by atoms with van der Waals surface area (Å²) in [5.41, 5.74) is 7.62. The lowest BCUT2D eigenvalue weighted by Gasteiger charge is -2.15. The van der Waals surface area contributed by atoms with Gasteiger partial charge in [-0.05, 0) is 42.9 Å². The van der Waals surface area contributed by atoms with Crippen molar-refractivity contribution in [3.8, 4) is 11.5 Å². The van der Waals surface area contributed by atoms with Gasteiger partial charge in [0.1, 0.15) is 5.75 Å². The van der Waals surface area contributed by atoms with E-state index in [0.717, 1.165) is 18.6 Å². The van der Waals surface area contributed by atoms with Gasteiger partial charge in [0.2, 0.25) is 5.95 Å². The average molecular weight is 320 g/mol. The second-order valence-electron chi connectivity index (χ2n) is 5.19. The number of ether oxygens (including phenoxy) is 1. The molecule has 2 aromatic rings. The first-order valence-corrected chi connectivity index (χ1v) is 8.06. The van der Waals surface area contributed by atoms with E-state index in [2.05, 4.69) is 35.9 Å². The van der Waals surface area contributed by atoms with Crippen molar-refractivity contribution in [1.82, 2.24) is 9.97 Å². The summed E-state index contributed by atoms with van der Waals surface area (Å²) < 4.78 is 5.95. The van der Waals surface area contributed by atoms with E-state index in [1.165, 1.54) is 5.56 Å². The lowest BCUT2D eigenvalue weighted by atomic mass is 9.94. The molecule has 0 atom stereocenters. The van der Waals surface area contributed by atoms with Crippen LogP contribution in [0.2, 0.25) is 5.15 Å². The van der Waals surface area contributed by atoms with Crippen LogP contribution >= 0.6 is 11.6 Å². The van der Waals surface area contributed by atoms with Gasteiger partial charge >= 0.3 is 0 Å². The minimum atomic E-state index is 0.167. The number of aromatic nitrogens is 2. The van der Waals surface area contributed by atoms with Gasteiger partial charge in [0.25, 0.3) is 0 Å². The van der Waals surface area contributed by atoms with Gasteiger partial charge in [-0.2, -0.15) is 4.98 Å². The molecule has 1 aromatic carbocycles. The summed E-state index contributed by atoms with van der Waals surface area (Å²) in [7, 11) is 0. The number of nitrogens with two attached hydrogens (primary N) is 1. The Bertz CT molecular complexity index is 642. The third kappa shape index (κ3) is 3.69. The Hall–Kier alpha value is -1.81. The van der Waals surface area contributed by atoms with Crippen LogP contribution in [-0.2, 0) is 6.42 Å². The van der Waals surface area contributed by atoms with Gasteiger partial charge in [0, 0.05) is 0 Å². The molecule has 0 amide bonds. The Morgan fingerprint density at radius 3 is 2.55 bits per heavy atom. The first kappa shape index (κ1) is 16.6. The summed E-state index contributed by atoms with van der Waals surface area (Å²) in [6, 6.07) is 8.11. The molecule has 0 aliphatic carbocycles. The molecule has 0 aliphatic heterocycles. The van der Waals surface area contributed by atoms with Crippen LogP contribution in [0.4, 0.5) is 5.95 Å². The number of halogens is 1. The zero-order chi connectivity index (χ0) is 16.1. The molecule has 0 aliphatic rings. The summed E-state index contributed by atoms with van der Waals surface area (Å²) in [6.45, 7) is 6.37. The number of hydrogen-bond acceptors (Lipinski definition) is 4. The van der Waals surface area contributed by atoms with Crippen molar-refractivity contribution in [1.29, 1.82) is 0 Å². The van der Waals surface area contributed by atoms with E-state index in [1.807, 2.05) is 19.1 Å². The molecule has 22 heavy (non-hydrogen) atoms. The van der Waals surface area contributed by atoms with Crippen LogP contribution in [0, 0.1) is 0 Å². The molecule has 0 fully saturated rings. The van der Waals surface area contributed by atoms with E-state index >= 15 is 0 Å². The number of hydrogen-bond donors (Lipinski definition) is 1. The van der Waals surface area contributed by atoms with Crippen molar-refractivity contribution in [3.05, 3.63) is 40.7 Å². The second kappa shape index (κ2) is 7.45. The van der Waals surface area contributed by atoms with Crippen molar-refractivity contribution in [2.75, 3.05) is 5.73 Å². The molecule has 0 bridgehead atoms. The number of rotatable bonds is 6. The second-order valence-corrected chi connectivity index (χ2v) is 5.55. The summed E-state index contributed by atoms with van der Waals surface area (Å²) >= 11 is 6.16. The number of nitrogen functional groups attached to an aromatic ring is 1. The fourth-order valence-corrected chi connectivity index (χ4v) is 2.77. The van der Waals surface area contributed by atoms with E-state index < -0.39 is 0 Å². The van der Waals surface area contributed by atoms with Gasteiger partial charge in [-0.1, -0.05) is 44.5 Å². The maximum absolute atomic E-state index is 6.16. The van der Waals surface area contributed by atoms with Gasteiger partial charge < -0.3 is 10.5 Å². The molecule has 0 saturated heterocycles. The zero-order valence-electron chi connectivity index (χ0n) is 13.3. The topological polar surface area (TPSA) is 61.0 Å². The quantitative estimate of drug-likeness (QED) is 0.763. The number of aryl methyl sites for hydroxylation is 1. The highest BCUT2D eigenvalue weighted by molar-refractivity contribution is 6.31. The van der Waals surface area contributed by atoms with Gasteiger partial charge in [-0.25, -0.2) is 4.98 Å². The fourth-order valence-electron chi connectivity index (χ4n) is 2.53. The largest absolute Gasteiger partial charge is 0.452 e. The van der Waals surface area contributed by atoms with E-state index in [1.54, 1.807) is 0 Å². The Morgan fingerprint density at radius 1 is 1.18 bits per heavy atom. The zero-order valence-corrected chi connectivity index (χ0v) is 14.0. The van der Waals surface area contributed by atoms with Crippen LogP contribution in [-0.4, -0.2) is 9.97 Å². The minimum absolute atomic E-state index is 0.167. The van der Waals surface area contributed by atoms with Gasteiger partial charge in [-0.15, -0.1) is 0 Å². The molecule has 118 valence electrons. The molecule has 1 aromatic heterocycles. The molecule has 0 unspecified atom stereocenters. The van der Waals surface area contributed by atoms with Crippen LogP contribution in [0.25, 0.3) is 0 Å². The Labute approximate surface area is 136 Å². The van der Waals surface area contributed by atoms with Gasteiger partial charge in [0.15, 0.2) is 10.9 Å². The van der Waals surface area contributed by atoms with Crippen LogP contribution < -0.4 is 10.5 Å². The highest BCUT2D eigenvalue weighted by atomic mass is 35.5. The predicted molar refractivity (Wildman–Crippen MR) is 90.7 cm³/mol. The van der Waals surface area contributed by atoms with E-state index in [9.17, 15) is 0 Å². The monoisotopic (exact) mass is 319 g/mol. The summed E-state index contributed by atoms with van der Waals surface area (Å²) in [4.78, 5) is 8.17. The Morgan fingerprint density at radius 2 is 1.91 bits per heavy atom. The first-order chi connectivity index (χ1) is 10.6. The molecule has 0 spiro atoms. The molecule has 1 heterocycles. The summed E-state index contributed by atoms with van der Waals surface area (Å²) in [5.74, 6) is 1.93. The van der Waals surface area contributed by atoms with E-state index in [0.29, 0.717) is 23.8 Å². The maximum Gasteiger partial charge on any atom is 0.221 e. The van der Waals surface area contributed by atoms with Crippen molar-refractivity contribution in [3.63, 3.8) is 0 Å². The van der Waals surface area contributed by atoms with Gasteiger partial charge in [-0.3, -0.25) is 0 Å². The lowest BCUT2D eigenvalue weighted by Crippen LogP contribution is -2.03. The van der Waals surface area contributed by atoms with Crippen LogP contribution in [0.1, 0.15) is 50.8 Å². The first-order valence-electron chi connectivity index (χ1n) is 7.68. The highest BCUT2D eigenvalue weighted by Gasteiger charge is 2.14. The maximum atomic E-state index is 6.16. The van der Waals surface area contributed by atoms with Crippen molar-refractivity contribution >= 4 is 17.5 Å². The standard InChI is InChI=1S/C17H22ClN3O/c1-4-11(5-2)12-8-7-9-13(10-12)22-15-14(6-3)20-17(19)21-16(15)18/h7-11H,4-6H2,1-3H3,(H2,19,20,21). The third-order valence-electron chi connectivity index (χ3n) is 3.78. The molecule has 0 radical (unpaired) electrons. The molecular formula is C17H22ClN3O. The Balaban J connectivity index is 2.34. The van der Waals surface area contributed by atoms with Crippen molar-refractivity contribution < 1.29 is 4.74 Å². The third-order valence-corrected chi connectivity index (χ3v) is 4.04. The summed E-state index contributed by atoms with van der Waals surface area (Å²) in [5, 5.41) is 0.247. The molecular weight excluding hydrogens is 298 g/mol. The Kier molecular flexibility index (Phi) is 5.61. The van der Waals surface area contributed by atoms with Crippen LogP contribution in [0.3, 0.4) is 0 Å². The molecule has 2 N–H and O–H groups in total. The molecule has 5 heteroatoms. The minimum Gasteiger partial charge on any atom is -0.452 e. The predicted octanol–water partition coefficient (Wildman–Crippen LogP) is 4.97. The van der Waals surface area contributed by atoms with Crippen LogP contribution in [0.5, 0.6) is 11.5 Å².